The second-order valence-electron chi connectivity index (χ2n) is 4.20. The summed E-state index contributed by atoms with van der Waals surface area (Å²) in [6.07, 6.45) is 3.95. The van der Waals surface area contributed by atoms with Crippen LogP contribution in [-0.2, 0) is 0 Å². The van der Waals surface area contributed by atoms with Gasteiger partial charge in [0, 0.05) is 18.2 Å². The van der Waals surface area contributed by atoms with Gasteiger partial charge in [-0.1, -0.05) is 0 Å². The van der Waals surface area contributed by atoms with Crippen LogP contribution in [0.4, 0.5) is 5.69 Å². The number of aromatic amines is 1. The van der Waals surface area contributed by atoms with Crippen LogP contribution in [-0.4, -0.2) is 27.9 Å². The van der Waals surface area contributed by atoms with Crippen LogP contribution >= 0.6 is 0 Å². The van der Waals surface area contributed by atoms with Crippen molar-refractivity contribution in [2.24, 2.45) is 5.73 Å². The minimum atomic E-state index is -0.547. The summed E-state index contributed by atoms with van der Waals surface area (Å²) < 4.78 is 0. The smallest absolute Gasteiger partial charge is 0.287 e. The molecule has 0 bridgehead atoms. The number of hydrogen-bond acceptors (Lipinski definition) is 4. The molecule has 1 saturated carbocycles. The lowest BCUT2D eigenvalue weighted by atomic mass is 10.2. The Morgan fingerprint density at radius 3 is 2.88 bits per heavy atom. The fourth-order valence-electron chi connectivity index (χ4n) is 2.03. The summed E-state index contributed by atoms with van der Waals surface area (Å²) >= 11 is 0. The van der Waals surface area contributed by atoms with E-state index in [2.05, 4.69) is 10.3 Å². The minimum Gasteiger partial charge on any atom is -0.351 e. The summed E-state index contributed by atoms with van der Waals surface area (Å²) in [5, 5.41) is 13.2. The summed E-state index contributed by atoms with van der Waals surface area (Å²) in [5.74, 6) is -0.347. The number of amides is 1. The van der Waals surface area contributed by atoms with Crippen molar-refractivity contribution in [3.63, 3.8) is 0 Å². The lowest BCUT2D eigenvalue weighted by Gasteiger charge is -2.16. The Kier molecular flexibility index (Phi) is 3.10. The van der Waals surface area contributed by atoms with E-state index in [-0.39, 0.29) is 29.4 Å². The van der Waals surface area contributed by atoms with Crippen molar-refractivity contribution >= 4 is 11.6 Å². The molecule has 1 aliphatic carbocycles. The Bertz CT molecular complexity index is 443. The maximum absolute atomic E-state index is 11.8. The fourth-order valence-corrected chi connectivity index (χ4v) is 2.03. The molecule has 1 aromatic rings. The van der Waals surface area contributed by atoms with E-state index in [1.54, 1.807) is 0 Å². The Morgan fingerprint density at radius 2 is 2.35 bits per heavy atom. The Labute approximate surface area is 97.5 Å². The lowest BCUT2D eigenvalue weighted by Crippen LogP contribution is -2.44. The van der Waals surface area contributed by atoms with Gasteiger partial charge >= 0.3 is 0 Å². The second kappa shape index (κ2) is 4.54. The highest BCUT2D eigenvalue weighted by molar-refractivity contribution is 5.93. The summed E-state index contributed by atoms with van der Waals surface area (Å²) in [4.78, 5) is 24.3. The van der Waals surface area contributed by atoms with E-state index in [0.29, 0.717) is 0 Å². The number of carbonyl (C=O) groups excluding carboxylic acids is 1. The standard InChI is InChI=1S/C10H14N4O3/c11-7-2-1-3-8(7)13-10(15)9-4-6(5-12-9)14(16)17/h4-5,7-8,12H,1-3,11H2,(H,13,15). The van der Waals surface area contributed by atoms with Crippen molar-refractivity contribution in [1.29, 1.82) is 0 Å². The SMILES string of the molecule is NC1CCCC1NC(=O)c1cc([N+](=O)[O-])c[nH]1. The van der Waals surface area contributed by atoms with E-state index in [9.17, 15) is 14.9 Å². The van der Waals surface area contributed by atoms with Gasteiger partial charge in [-0.2, -0.15) is 0 Å². The molecule has 1 amide bonds. The van der Waals surface area contributed by atoms with Gasteiger partial charge in [-0.3, -0.25) is 14.9 Å². The molecule has 1 aliphatic rings. The topological polar surface area (TPSA) is 114 Å². The van der Waals surface area contributed by atoms with Gasteiger partial charge in [0.2, 0.25) is 0 Å². The zero-order chi connectivity index (χ0) is 12.4. The number of nitrogens with one attached hydrogen (secondary N) is 2. The van der Waals surface area contributed by atoms with Gasteiger partial charge < -0.3 is 16.0 Å². The second-order valence-corrected chi connectivity index (χ2v) is 4.20. The Hall–Kier alpha value is -1.89. The van der Waals surface area contributed by atoms with Crippen LogP contribution in [0.1, 0.15) is 29.8 Å². The molecule has 1 aromatic heterocycles. The first-order chi connectivity index (χ1) is 8.08. The Morgan fingerprint density at radius 1 is 1.59 bits per heavy atom. The monoisotopic (exact) mass is 238 g/mol. The van der Waals surface area contributed by atoms with Gasteiger partial charge in [0.25, 0.3) is 11.6 Å². The van der Waals surface area contributed by atoms with E-state index < -0.39 is 4.92 Å². The zero-order valence-corrected chi connectivity index (χ0v) is 9.18. The van der Waals surface area contributed by atoms with Crippen molar-refractivity contribution < 1.29 is 9.72 Å². The first-order valence-corrected chi connectivity index (χ1v) is 5.47. The van der Waals surface area contributed by atoms with Crippen LogP contribution < -0.4 is 11.1 Å². The molecule has 92 valence electrons. The predicted octanol–water partition coefficient (Wildman–Crippen LogP) is 0.532. The third-order valence-electron chi connectivity index (χ3n) is 3.01. The average Bonchev–Trinajstić information content (AvgIpc) is 2.88. The van der Waals surface area contributed by atoms with Crippen molar-refractivity contribution in [3.05, 3.63) is 28.1 Å². The molecule has 7 heteroatoms. The number of nitro groups is 1. The van der Waals surface area contributed by atoms with Crippen molar-refractivity contribution in [2.45, 2.75) is 31.3 Å². The molecular formula is C10H14N4O3. The minimum absolute atomic E-state index is 0.0242. The molecule has 0 aromatic carbocycles. The molecule has 0 saturated heterocycles. The van der Waals surface area contributed by atoms with Gasteiger partial charge in [-0.15, -0.1) is 0 Å². The number of rotatable bonds is 3. The predicted molar refractivity (Wildman–Crippen MR) is 60.5 cm³/mol. The summed E-state index contributed by atoms with van der Waals surface area (Å²) in [5.41, 5.74) is 5.90. The third kappa shape index (κ3) is 2.44. The van der Waals surface area contributed by atoms with E-state index in [1.165, 1.54) is 12.3 Å². The number of nitrogens with two attached hydrogens (primary N) is 1. The molecule has 0 radical (unpaired) electrons. The molecule has 0 aliphatic heterocycles. The van der Waals surface area contributed by atoms with Crippen molar-refractivity contribution in [3.8, 4) is 0 Å². The van der Waals surface area contributed by atoms with Crippen LogP contribution in [0.2, 0.25) is 0 Å². The molecule has 2 rings (SSSR count). The molecular weight excluding hydrogens is 224 g/mol. The largest absolute Gasteiger partial charge is 0.351 e. The van der Waals surface area contributed by atoms with Gasteiger partial charge in [0.1, 0.15) is 5.69 Å². The lowest BCUT2D eigenvalue weighted by molar-refractivity contribution is -0.384. The quantitative estimate of drug-likeness (QED) is 0.526. The average molecular weight is 238 g/mol. The number of nitrogens with zero attached hydrogens (tertiary/aromatic N) is 1. The van der Waals surface area contributed by atoms with E-state index in [0.717, 1.165) is 19.3 Å². The molecule has 4 N–H and O–H groups in total. The number of H-pyrrole nitrogens is 1. The highest BCUT2D eigenvalue weighted by Crippen LogP contribution is 2.18. The summed E-state index contributed by atoms with van der Waals surface area (Å²) in [7, 11) is 0. The van der Waals surface area contributed by atoms with Crippen LogP contribution in [0.25, 0.3) is 0 Å². The number of carbonyl (C=O) groups is 1. The molecule has 2 atom stereocenters. The first kappa shape index (κ1) is 11.6. The van der Waals surface area contributed by atoms with Gasteiger partial charge in [0.15, 0.2) is 0 Å². The fraction of sp³-hybridized carbons (Fsp3) is 0.500. The van der Waals surface area contributed by atoms with Crippen LogP contribution in [0.15, 0.2) is 12.3 Å². The van der Waals surface area contributed by atoms with Gasteiger partial charge in [-0.05, 0) is 19.3 Å². The molecule has 1 heterocycles. The van der Waals surface area contributed by atoms with Crippen molar-refractivity contribution in [2.75, 3.05) is 0 Å². The van der Waals surface area contributed by atoms with Crippen molar-refractivity contribution in [1.82, 2.24) is 10.3 Å². The van der Waals surface area contributed by atoms with E-state index >= 15 is 0 Å². The van der Waals surface area contributed by atoms with Crippen LogP contribution in [0.5, 0.6) is 0 Å². The number of aromatic nitrogens is 1. The van der Waals surface area contributed by atoms with Gasteiger partial charge in [0.05, 0.1) is 11.1 Å². The molecule has 2 unspecified atom stereocenters. The van der Waals surface area contributed by atoms with E-state index in [1.807, 2.05) is 0 Å². The maximum Gasteiger partial charge on any atom is 0.287 e. The highest BCUT2D eigenvalue weighted by atomic mass is 16.6. The van der Waals surface area contributed by atoms with Crippen LogP contribution in [0.3, 0.4) is 0 Å². The van der Waals surface area contributed by atoms with E-state index in [4.69, 9.17) is 5.73 Å². The molecule has 17 heavy (non-hydrogen) atoms. The maximum atomic E-state index is 11.8. The molecule has 0 spiro atoms. The summed E-state index contributed by atoms with van der Waals surface area (Å²) in [6, 6.07) is 1.16. The Balaban J connectivity index is 2.01. The molecule has 7 nitrogen and oxygen atoms in total. The summed E-state index contributed by atoms with van der Waals surface area (Å²) in [6.45, 7) is 0. The highest BCUT2D eigenvalue weighted by Gasteiger charge is 2.26. The van der Waals surface area contributed by atoms with Gasteiger partial charge in [-0.25, -0.2) is 0 Å². The third-order valence-corrected chi connectivity index (χ3v) is 3.01. The molecule has 1 fully saturated rings. The van der Waals surface area contributed by atoms with Crippen LogP contribution in [0, 0.1) is 10.1 Å². The normalized spacial score (nSPS) is 23.6. The number of hydrogen-bond donors (Lipinski definition) is 3. The zero-order valence-electron chi connectivity index (χ0n) is 9.18. The first-order valence-electron chi connectivity index (χ1n) is 5.47.